The fourth-order valence-electron chi connectivity index (χ4n) is 1.41. The van der Waals surface area contributed by atoms with Gasteiger partial charge >= 0.3 is 0 Å². The zero-order valence-corrected chi connectivity index (χ0v) is 11.8. The Morgan fingerprint density at radius 3 is 2.89 bits per heavy atom. The molecule has 2 rings (SSSR count). The summed E-state index contributed by atoms with van der Waals surface area (Å²) in [5, 5.41) is 14.1. The summed E-state index contributed by atoms with van der Waals surface area (Å²) >= 11 is 1.20. The van der Waals surface area contributed by atoms with Crippen LogP contribution in [0.5, 0.6) is 0 Å². The van der Waals surface area contributed by atoms with Crippen molar-refractivity contribution in [1.29, 1.82) is 0 Å². The lowest BCUT2D eigenvalue weighted by atomic mass is 10.4. The van der Waals surface area contributed by atoms with E-state index < -0.39 is 10.0 Å². The molecule has 9 heteroatoms. The van der Waals surface area contributed by atoms with Gasteiger partial charge in [0.15, 0.2) is 5.82 Å². The molecule has 104 valence electrons. The molecule has 0 aliphatic carbocycles. The number of aryl methyl sites for hydroxylation is 1. The summed E-state index contributed by atoms with van der Waals surface area (Å²) in [5.74, 6) is 0.907. The average Bonchev–Trinajstić information content (AvgIpc) is 2.98. The Morgan fingerprint density at radius 1 is 1.53 bits per heavy atom. The van der Waals surface area contributed by atoms with Gasteiger partial charge in [-0.2, -0.15) is 4.98 Å². The second kappa shape index (κ2) is 5.78. The van der Waals surface area contributed by atoms with Crippen LogP contribution in [0.1, 0.15) is 16.6 Å². The summed E-state index contributed by atoms with van der Waals surface area (Å²) in [6.07, 6.45) is 0.355. The quantitative estimate of drug-likeness (QED) is 0.803. The first kappa shape index (κ1) is 14.1. The molecule has 7 nitrogen and oxygen atoms in total. The molecule has 0 bridgehead atoms. The van der Waals surface area contributed by atoms with Crippen LogP contribution in [0.25, 0.3) is 0 Å². The Labute approximate surface area is 114 Å². The normalized spacial score (nSPS) is 11.9. The molecule has 2 aromatic heterocycles. The molecule has 0 radical (unpaired) electrons. The number of aliphatic hydroxyl groups is 1. The molecule has 2 aromatic rings. The summed E-state index contributed by atoms with van der Waals surface area (Å²) in [5.41, 5.74) is 0. The standard InChI is InChI=1S/C10H13N3O4S2/c1-7-12-10(13-17-7)2-3-11-19(15,16)9-4-8(5-14)18-6-9/h4,6,11,14H,2-3,5H2,1H3. The lowest BCUT2D eigenvalue weighted by molar-refractivity contribution is 0.285. The number of hydrogen-bond donors (Lipinski definition) is 2. The summed E-state index contributed by atoms with van der Waals surface area (Å²) in [7, 11) is -3.55. The van der Waals surface area contributed by atoms with E-state index in [1.54, 1.807) is 6.92 Å². The summed E-state index contributed by atoms with van der Waals surface area (Å²) in [6, 6.07) is 1.45. The van der Waals surface area contributed by atoms with Gasteiger partial charge in [0.25, 0.3) is 0 Å². The monoisotopic (exact) mass is 303 g/mol. The van der Waals surface area contributed by atoms with E-state index in [0.29, 0.717) is 23.0 Å². The SMILES string of the molecule is Cc1nc(CCNS(=O)(=O)c2csc(CO)c2)no1. The van der Waals surface area contributed by atoms with Crippen molar-refractivity contribution in [3.63, 3.8) is 0 Å². The predicted octanol–water partition coefficient (Wildman–Crippen LogP) is 0.453. The first-order valence-corrected chi connectivity index (χ1v) is 7.84. The second-order valence-electron chi connectivity index (χ2n) is 3.78. The van der Waals surface area contributed by atoms with Crippen LogP contribution in [0.2, 0.25) is 0 Å². The fourth-order valence-corrected chi connectivity index (χ4v) is 3.57. The van der Waals surface area contributed by atoms with Crippen LogP contribution in [-0.2, 0) is 23.1 Å². The Bertz CT molecular complexity index is 647. The molecule has 0 saturated carbocycles. The van der Waals surface area contributed by atoms with Gasteiger partial charge in [0, 0.05) is 30.1 Å². The van der Waals surface area contributed by atoms with E-state index in [4.69, 9.17) is 9.63 Å². The van der Waals surface area contributed by atoms with E-state index in [1.807, 2.05) is 0 Å². The van der Waals surface area contributed by atoms with Gasteiger partial charge in [-0.05, 0) is 6.07 Å². The average molecular weight is 303 g/mol. The molecule has 0 spiro atoms. The molecule has 0 amide bonds. The van der Waals surface area contributed by atoms with Crippen LogP contribution < -0.4 is 4.72 Å². The van der Waals surface area contributed by atoms with Crippen molar-refractivity contribution in [1.82, 2.24) is 14.9 Å². The summed E-state index contributed by atoms with van der Waals surface area (Å²) in [4.78, 5) is 4.74. The van der Waals surface area contributed by atoms with Crippen LogP contribution in [0.15, 0.2) is 20.9 Å². The maximum atomic E-state index is 11.9. The third-order valence-electron chi connectivity index (χ3n) is 2.31. The molecular formula is C10H13N3O4S2. The largest absolute Gasteiger partial charge is 0.391 e. The Balaban J connectivity index is 1.94. The van der Waals surface area contributed by atoms with Crippen molar-refractivity contribution in [2.75, 3.05) is 6.54 Å². The summed E-state index contributed by atoms with van der Waals surface area (Å²) in [6.45, 7) is 1.69. The zero-order valence-electron chi connectivity index (χ0n) is 10.2. The zero-order chi connectivity index (χ0) is 13.9. The van der Waals surface area contributed by atoms with Crippen molar-refractivity contribution in [2.45, 2.75) is 24.8 Å². The van der Waals surface area contributed by atoms with E-state index in [2.05, 4.69) is 14.9 Å². The van der Waals surface area contributed by atoms with Gasteiger partial charge in [-0.15, -0.1) is 11.3 Å². The number of aromatic nitrogens is 2. The molecule has 0 aliphatic heterocycles. The van der Waals surface area contributed by atoms with Gasteiger partial charge in [0.1, 0.15) is 0 Å². The second-order valence-corrected chi connectivity index (χ2v) is 6.55. The minimum atomic E-state index is -3.55. The van der Waals surface area contributed by atoms with Crippen LogP contribution in [0.4, 0.5) is 0 Å². The van der Waals surface area contributed by atoms with Gasteiger partial charge in [-0.3, -0.25) is 0 Å². The molecule has 2 N–H and O–H groups in total. The van der Waals surface area contributed by atoms with E-state index >= 15 is 0 Å². The molecular weight excluding hydrogens is 290 g/mol. The minimum absolute atomic E-state index is 0.158. The Kier molecular flexibility index (Phi) is 4.30. The van der Waals surface area contributed by atoms with E-state index in [-0.39, 0.29) is 18.0 Å². The van der Waals surface area contributed by atoms with Gasteiger partial charge in [0.05, 0.1) is 11.5 Å². The van der Waals surface area contributed by atoms with Crippen molar-refractivity contribution in [3.05, 3.63) is 28.0 Å². The van der Waals surface area contributed by atoms with E-state index in [1.165, 1.54) is 22.8 Å². The van der Waals surface area contributed by atoms with Crippen molar-refractivity contribution in [2.24, 2.45) is 0 Å². The molecule has 2 heterocycles. The Morgan fingerprint density at radius 2 is 2.32 bits per heavy atom. The fraction of sp³-hybridized carbons (Fsp3) is 0.400. The number of sulfonamides is 1. The van der Waals surface area contributed by atoms with Crippen molar-refractivity contribution < 1.29 is 18.0 Å². The summed E-state index contributed by atoms with van der Waals surface area (Å²) < 4.78 is 31.0. The highest BCUT2D eigenvalue weighted by Gasteiger charge is 2.16. The van der Waals surface area contributed by atoms with Crippen molar-refractivity contribution in [3.8, 4) is 0 Å². The van der Waals surface area contributed by atoms with E-state index in [0.717, 1.165) is 0 Å². The smallest absolute Gasteiger partial charge is 0.241 e. The number of thiophene rings is 1. The number of aliphatic hydroxyl groups excluding tert-OH is 1. The van der Waals surface area contributed by atoms with E-state index in [9.17, 15) is 8.42 Å². The molecule has 0 saturated heterocycles. The number of nitrogens with zero attached hydrogens (tertiary/aromatic N) is 2. The molecule has 0 atom stereocenters. The first-order valence-electron chi connectivity index (χ1n) is 5.48. The topological polar surface area (TPSA) is 105 Å². The molecule has 0 unspecified atom stereocenters. The Hall–Kier alpha value is -1.29. The lowest BCUT2D eigenvalue weighted by Crippen LogP contribution is -2.25. The molecule has 0 aliphatic rings. The van der Waals surface area contributed by atoms with Gasteiger partial charge in [-0.25, -0.2) is 13.1 Å². The maximum Gasteiger partial charge on any atom is 0.241 e. The van der Waals surface area contributed by atoms with Gasteiger partial charge in [0.2, 0.25) is 15.9 Å². The molecule has 0 aromatic carbocycles. The molecule has 19 heavy (non-hydrogen) atoms. The number of rotatable bonds is 6. The third kappa shape index (κ3) is 3.60. The highest BCUT2D eigenvalue weighted by Crippen LogP contribution is 2.18. The highest BCUT2D eigenvalue weighted by molar-refractivity contribution is 7.89. The van der Waals surface area contributed by atoms with Crippen molar-refractivity contribution >= 4 is 21.4 Å². The van der Waals surface area contributed by atoms with Crippen LogP contribution >= 0.6 is 11.3 Å². The predicted molar refractivity (Wildman–Crippen MR) is 68.2 cm³/mol. The molecule has 0 fully saturated rings. The third-order valence-corrected chi connectivity index (χ3v) is 4.82. The van der Waals surface area contributed by atoms with Crippen LogP contribution in [0, 0.1) is 6.92 Å². The number of hydrogen-bond acceptors (Lipinski definition) is 7. The van der Waals surface area contributed by atoms with Gasteiger partial charge in [-0.1, -0.05) is 5.16 Å². The van der Waals surface area contributed by atoms with Gasteiger partial charge < -0.3 is 9.63 Å². The number of nitrogens with one attached hydrogen (secondary N) is 1. The van der Waals surface area contributed by atoms with Crippen LogP contribution in [-0.4, -0.2) is 30.2 Å². The maximum absolute atomic E-state index is 11.9. The highest BCUT2D eigenvalue weighted by atomic mass is 32.2. The lowest BCUT2D eigenvalue weighted by Gasteiger charge is -2.02. The minimum Gasteiger partial charge on any atom is -0.391 e. The van der Waals surface area contributed by atoms with Crippen LogP contribution in [0.3, 0.4) is 0 Å². The first-order chi connectivity index (χ1) is 9.01.